The first-order valence-corrected chi connectivity index (χ1v) is 7.30. The molecule has 1 aromatic carbocycles. The number of nitrogens with one attached hydrogen (secondary N) is 1. The number of piperidine rings is 1. The first-order chi connectivity index (χ1) is 9.84. The van der Waals surface area contributed by atoms with Crippen LogP contribution in [0.1, 0.15) is 24.3 Å². The van der Waals surface area contributed by atoms with Crippen LogP contribution in [0.3, 0.4) is 0 Å². The number of aromatic nitrogens is 1. The van der Waals surface area contributed by atoms with Gasteiger partial charge >= 0.3 is 0 Å². The van der Waals surface area contributed by atoms with Gasteiger partial charge in [-0.3, -0.25) is 0 Å². The maximum Gasteiger partial charge on any atom is 0.222 e. The predicted molar refractivity (Wildman–Crippen MR) is 80.6 cm³/mol. The molecule has 1 aliphatic rings. The highest BCUT2D eigenvalue weighted by molar-refractivity contribution is 6.32. The van der Waals surface area contributed by atoms with Gasteiger partial charge in [0.25, 0.3) is 0 Å². The first kappa shape index (κ1) is 13.4. The van der Waals surface area contributed by atoms with Crippen LogP contribution in [0.4, 0.5) is 0 Å². The average Bonchev–Trinajstić information content (AvgIpc) is 2.51. The van der Waals surface area contributed by atoms with Crippen molar-refractivity contribution in [3.63, 3.8) is 0 Å². The lowest BCUT2D eigenvalue weighted by atomic mass is 9.91. The third kappa shape index (κ3) is 2.94. The summed E-state index contributed by atoms with van der Waals surface area (Å²) in [4.78, 5) is 4.39. The molecule has 104 valence electrons. The van der Waals surface area contributed by atoms with E-state index < -0.39 is 0 Å². The van der Waals surface area contributed by atoms with Crippen LogP contribution in [-0.2, 0) is 0 Å². The van der Waals surface area contributed by atoms with Crippen LogP contribution in [0.25, 0.3) is 0 Å². The van der Waals surface area contributed by atoms with Crippen LogP contribution in [0.5, 0.6) is 11.6 Å². The van der Waals surface area contributed by atoms with Crippen molar-refractivity contribution in [1.82, 2.24) is 10.3 Å². The molecule has 0 saturated carbocycles. The van der Waals surface area contributed by atoms with E-state index in [0.29, 0.717) is 22.6 Å². The van der Waals surface area contributed by atoms with E-state index >= 15 is 0 Å². The Morgan fingerprint density at radius 1 is 1.10 bits per heavy atom. The van der Waals surface area contributed by atoms with Gasteiger partial charge in [-0.2, -0.15) is 0 Å². The normalized spacial score (nSPS) is 16.1. The topological polar surface area (TPSA) is 34.1 Å². The molecule has 0 aliphatic carbocycles. The Kier molecular flexibility index (Phi) is 4.19. The van der Waals surface area contributed by atoms with E-state index in [1.807, 2.05) is 30.3 Å². The fourth-order valence-electron chi connectivity index (χ4n) is 2.56. The van der Waals surface area contributed by atoms with Crippen LogP contribution >= 0.6 is 11.6 Å². The molecule has 0 atom stereocenters. The highest BCUT2D eigenvalue weighted by Gasteiger charge is 2.20. The summed E-state index contributed by atoms with van der Waals surface area (Å²) in [7, 11) is 0. The van der Waals surface area contributed by atoms with Crippen molar-refractivity contribution in [3.8, 4) is 11.6 Å². The lowest BCUT2D eigenvalue weighted by Crippen LogP contribution is -2.26. The number of hydrogen-bond donors (Lipinski definition) is 1. The van der Waals surface area contributed by atoms with E-state index in [0.717, 1.165) is 25.9 Å². The summed E-state index contributed by atoms with van der Waals surface area (Å²) in [5.41, 5.74) is 1.17. The molecular weight excluding hydrogens is 272 g/mol. The molecule has 2 heterocycles. The van der Waals surface area contributed by atoms with Gasteiger partial charge in [-0.1, -0.05) is 29.8 Å². The van der Waals surface area contributed by atoms with Gasteiger partial charge in [0.05, 0.1) is 5.02 Å². The third-order valence-electron chi connectivity index (χ3n) is 3.62. The van der Waals surface area contributed by atoms with Crippen LogP contribution in [0.2, 0.25) is 5.02 Å². The fourth-order valence-corrected chi connectivity index (χ4v) is 2.74. The van der Waals surface area contributed by atoms with Gasteiger partial charge in [-0.05, 0) is 50.0 Å². The lowest BCUT2D eigenvalue weighted by Gasteiger charge is -2.24. The molecule has 1 fully saturated rings. The third-order valence-corrected chi connectivity index (χ3v) is 3.94. The molecule has 1 aliphatic heterocycles. The van der Waals surface area contributed by atoms with Crippen LogP contribution in [0, 0.1) is 0 Å². The number of halogens is 1. The Labute approximate surface area is 123 Å². The Bertz CT molecular complexity index is 582. The van der Waals surface area contributed by atoms with Gasteiger partial charge < -0.3 is 10.1 Å². The molecule has 4 heteroatoms. The SMILES string of the molecule is Clc1ccccc1Oc1ncccc1C1CCNCC1. The van der Waals surface area contributed by atoms with Gasteiger partial charge in [0.2, 0.25) is 5.88 Å². The minimum Gasteiger partial charge on any atom is -0.437 e. The highest BCUT2D eigenvalue weighted by atomic mass is 35.5. The smallest absolute Gasteiger partial charge is 0.222 e. The van der Waals surface area contributed by atoms with Crippen molar-refractivity contribution in [3.05, 3.63) is 53.2 Å². The van der Waals surface area contributed by atoms with Crippen LogP contribution < -0.4 is 10.1 Å². The quantitative estimate of drug-likeness (QED) is 0.927. The molecule has 0 amide bonds. The summed E-state index contributed by atoms with van der Waals surface area (Å²) in [5.74, 6) is 1.83. The largest absolute Gasteiger partial charge is 0.437 e. The van der Waals surface area contributed by atoms with Crippen molar-refractivity contribution in [2.24, 2.45) is 0 Å². The summed E-state index contributed by atoms with van der Waals surface area (Å²) in [5, 5.41) is 3.99. The highest BCUT2D eigenvalue weighted by Crippen LogP contribution is 2.35. The molecule has 1 aromatic heterocycles. The second-order valence-electron chi connectivity index (χ2n) is 4.95. The minimum absolute atomic E-state index is 0.502. The molecule has 3 rings (SSSR count). The number of benzene rings is 1. The second kappa shape index (κ2) is 6.25. The molecule has 0 radical (unpaired) electrons. The summed E-state index contributed by atoms with van der Waals surface area (Å²) in [6.45, 7) is 2.09. The lowest BCUT2D eigenvalue weighted by molar-refractivity contribution is 0.419. The number of para-hydroxylation sites is 1. The van der Waals surface area contributed by atoms with Crippen molar-refractivity contribution in [1.29, 1.82) is 0 Å². The van der Waals surface area contributed by atoms with Gasteiger partial charge in [-0.15, -0.1) is 0 Å². The summed E-state index contributed by atoms with van der Waals surface area (Å²) in [6.07, 6.45) is 3.99. The predicted octanol–water partition coefficient (Wildman–Crippen LogP) is 3.99. The summed E-state index contributed by atoms with van der Waals surface area (Å²) >= 11 is 6.15. The maximum absolute atomic E-state index is 6.15. The Morgan fingerprint density at radius 3 is 2.70 bits per heavy atom. The van der Waals surface area contributed by atoms with Gasteiger partial charge in [0.15, 0.2) is 0 Å². The van der Waals surface area contributed by atoms with Gasteiger partial charge in [0.1, 0.15) is 5.75 Å². The molecule has 1 N–H and O–H groups in total. The van der Waals surface area contributed by atoms with E-state index in [4.69, 9.17) is 16.3 Å². The van der Waals surface area contributed by atoms with E-state index in [1.54, 1.807) is 6.20 Å². The fraction of sp³-hybridized carbons (Fsp3) is 0.312. The number of pyridine rings is 1. The Hall–Kier alpha value is -1.58. The van der Waals surface area contributed by atoms with Crippen molar-refractivity contribution < 1.29 is 4.74 Å². The van der Waals surface area contributed by atoms with Crippen LogP contribution in [-0.4, -0.2) is 18.1 Å². The minimum atomic E-state index is 0.502. The van der Waals surface area contributed by atoms with Gasteiger partial charge in [-0.25, -0.2) is 4.98 Å². The van der Waals surface area contributed by atoms with Crippen molar-refractivity contribution in [2.45, 2.75) is 18.8 Å². The van der Waals surface area contributed by atoms with E-state index in [1.165, 1.54) is 5.56 Å². The molecule has 1 saturated heterocycles. The number of ether oxygens (including phenoxy) is 1. The summed E-state index contributed by atoms with van der Waals surface area (Å²) < 4.78 is 5.93. The zero-order chi connectivity index (χ0) is 13.8. The standard InChI is InChI=1S/C16H17ClN2O/c17-14-5-1-2-6-15(14)20-16-13(4-3-9-19-16)12-7-10-18-11-8-12/h1-6,9,12,18H,7-8,10-11H2. The molecule has 0 bridgehead atoms. The average molecular weight is 289 g/mol. The second-order valence-corrected chi connectivity index (χ2v) is 5.36. The Morgan fingerprint density at radius 2 is 1.90 bits per heavy atom. The molecule has 20 heavy (non-hydrogen) atoms. The molecule has 0 unspecified atom stereocenters. The number of nitrogens with zero attached hydrogens (tertiary/aromatic N) is 1. The Balaban J connectivity index is 1.88. The maximum atomic E-state index is 6.15. The monoisotopic (exact) mass is 288 g/mol. The van der Waals surface area contributed by atoms with Crippen molar-refractivity contribution in [2.75, 3.05) is 13.1 Å². The zero-order valence-electron chi connectivity index (χ0n) is 11.2. The molecule has 2 aromatic rings. The van der Waals surface area contributed by atoms with Gasteiger partial charge in [0, 0.05) is 11.8 Å². The van der Waals surface area contributed by atoms with E-state index in [9.17, 15) is 0 Å². The summed E-state index contributed by atoms with van der Waals surface area (Å²) in [6, 6.07) is 11.6. The van der Waals surface area contributed by atoms with E-state index in [2.05, 4.69) is 16.4 Å². The van der Waals surface area contributed by atoms with Crippen LogP contribution in [0.15, 0.2) is 42.6 Å². The zero-order valence-corrected chi connectivity index (χ0v) is 11.9. The number of hydrogen-bond acceptors (Lipinski definition) is 3. The first-order valence-electron chi connectivity index (χ1n) is 6.92. The molecule has 0 spiro atoms. The molecular formula is C16H17ClN2O. The molecule has 3 nitrogen and oxygen atoms in total. The number of rotatable bonds is 3. The van der Waals surface area contributed by atoms with Crippen molar-refractivity contribution >= 4 is 11.6 Å². The van der Waals surface area contributed by atoms with E-state index in [-0.39, 0.29) is 0 Å².